The zero-order valence-corrected chi connectivity index (χ0v) is 19.7. The largest absolute Gasteiger partial charge is 0.494 e. The number of ether oxygens (including phenoxy) is 2. The molecule has 0 spiro atoms. The van der Waals surface area contributed by atoms with Crippen molar-refractivity contribution < 1.29 is 19.1 Å². The highest BCUT2D eigenvalue weighted by molar-refractivity contribution is 5.95. The Bertz CT molecular complexity index is 1010. The molecule has 33 heavy (non-hydrogen) atoms. The van der Waals surface area contributed by atoms with Crippen LogP contribution in [-0.4, -0.2) is 49.2 Å². The van der Waals surface area contributed by atoms with Gasteiger partial charge in [0, 0.05) is 25.2 Å². The number of amides is 3. The number of benzene rings is 2. The van der Waals surface area contributed by atoms with Crippen LogP contribution in [0.3, 0.4) is 0 Å². The lowest BCUT2D eigenvalue weighted by Gasteiger charge is -2.39. The summed E-state index contributed by atoms with van der Waals surface area (Å²) in [5.41, 5.74) is 2.83. The predicted octanol–water partition coefficient (Wildman–Crippen LogP) is 4.13. The molecule has 1 fully saturated rings. The van der Waals surface area contributed by atoms with Gasteiger partial charge in [0.05, 0.1) is 24.8 Å². The first-order valence-electron chi connectivity index (χ1n) is 11.8. The predicted molar refractivity (Wildman–Crippen MR) is 128 cm³/mol. The number of rotatable bonds is 5. The summed E-state index contributed by atoms with van der Waals surface area (Å²) in [5, 5.41) is 3.05. The van der Waals surface area contributed by atoms with Gasteiger partial charge in [-0.2, -0.15) is 0 Å². The zero-order chi connectivity index (χ0) is 23.4. The minimum Gasteiger partial charge on any atom is -0.494 e. The van der Waals surface area contributed by atoms with Gasteiger partial charge in [-0.05, 0) is 57.4 Å². The molecule has 7 heteroatoms. The quantitative estimate of drug-likeness (QED) is 0.742. The summed E-state index contributed by atoms with van der Waals surface area (Å²) in [6.45, 7) is 8.48. The molecular formula is C26H33N3O4. The molecule has 2 aliphatic rings. The Morgan fingerprint density at radius 2 is 2.00 bits per heavy atom. The summed E-state index contributed by atoms with van der Waals surface area (Å²) in [6.07, 6.45) is 1.50. The van der Waals surface area contributed by atoms with Crippen molar-refractivity contribution in [1.82, 2.24) is 10.2 Å². The number of likely N-dealkylation sites (tertiary alicyclic amines) is 1. The fourth-order valence-corrected chi connectivity index (χ4v) is 4.54. The molecule has 4 rings (SSSR count). The van der Waals surface area contributed by atoms with Crippen LogP contribution in [0.25, 0.3) is 0 Å². The van der Waals surface area contributed by atoms with Crippen LogP contribution < -0.4 is 19.7 Å². The van der Waals surface area contributed by atoms with E-state index in [0.717, 1.165) is 41.2 Å². The Kier molecular flexibility index (Phi) is 7.06. The Morgan fingerprint density at radius 1 is 1.18 bits per heavy atom. The van der Waals surface area contributed by atoms with Gasteiger partial charge in [-0.25, -0.2) is 4.79 Å². The van der Waals surface area contributed by atoms with Crippen LogP contribution in [0.15, 0.2) is 42.5 Å². The monoisotopic (exact) mass is 451 g/mol. The Morgan fingerprint density at radius 3 is 2.82 bits per heavy atom. The second-order valence-corrected chi connectivity index (χ2v) is 8.84. The van der Waals surface area contributed by atoms with Gasteiger partial charge in [0.1, 0.15) is 17.6 Å². The molecule has 1 N–H and O–H groups in total. The van der Waals surface area contributed by atoms with Crippen molar-refractivity contribution in [2.24, 2.45) is 5.92 Å². The van der Waals surface area contributed by atoms with Crippen molar-refractivity contribution in [3.05, 3.63) is 53.6 Å². The molecule has 0 radical (unpaired) electrons. The van der Waals surface area contributed by atoms with Crippen LogP contribution in [0.4, 0.5) is 10.5 Å². The van der Waals surface area contributed by atoms with Crippen LogP contribution in [0.5, 0.6) is 11.5 Å². The summed E-state index contributed by atoms with van der Waals surface area (Å²) in [4.78, 5) is 30.1. The summed E-state index contributed by atoms with van der Waals surface area (Å²) in [5.74, 6) is 1.27. The highest BCUT2D eigenvalue weighted by Crippen LogP contribution is 2.35. The number of carbonyl (C=O) groups excluding carboxylic acids is 2. The molecule has 0 bridgehead atoms. The van der Waals surface area contributed by atoms with Crippen molar-refractivity contribution in [2.45, 2.75) is 46.3 Å². The first-order chi connectivity index (χ1) is 16.0. The molecule has 1 saturated heterocycles. The van der Waals surface area contributed by atoms with Gasteiger partial charge in [-0.3, -0.25) is 9.69 Å². The summed E-state index contributed by atoms with van der Waals surface area (Å²) in [7, 11) is 0. The van der Waals surface area contributed by atoms with E-state index in [1.807, 2.05) is 68.1 Å². The SMILES string of the molecule is CCOc1ccccc1CNC(=O)[C@H]1CCCN(C(=O)N2C[C@H](C)Oc3ccc(C)cc32)C1. The second kappa shape index (κ2) is 10.1. The number of hydrogen-bond donors (Lipinski definition) is 1. The second-order valence-electron chi connectivity index (χ2n) is 8.84. The summed E-state index contributed by atoms with van der Waals surface area (Å²) in [6, 6.07) is 13.6. The van der Waals surface area contributed by atoms with E-state index in [0.29, 0.717) is 32.8 Å². The molecule has 2 atom stereocenters. The maximum absolute atomic E-state index is 13.5. The first-order valence-corrected chi connectivity index (χ1v) is 11.8. The van der Waals surface area contributed by atoms with E-state index in [1.165, 1.54) is 0 Å². The molecule has 176 valence electrons. The van der Waals surface area contributed by atoms with Gasteiger partial charge < -0.3 is 19.7 Å². The van der Waals surface area contributed by atoms with Gasteiger partial charge in [0.15, 0.2) is 0 Å². The standard InChI is InChI=1S/C26H33N3O4/c1-4-32-23-10-6-5-8-20(23)15-27-25(30)21-9-7-13-28(17-21)26(31)29-16-19(3)33-24-12-11-18(2)14-22(24)29/h5-6,8,10-12,14,19,21H,4,7,9,13,15-17H2,1-3H3,(H,27,30)/t19-,21-/m0/s1. The van der Waals surface area contributed by atoms with Gasteiger partial charge in [0.25, 0.3) is 0 Å². The van der Waals surface area contributed by atoms with Gasteiger partial charge in [0.2, 0.25) is 5.91 Å². The summed E-state index contributed by atoms with van der Waals surface area (Å²) < 4.78 is 11.6. The van der Waals surface area contributed by atoms with Gasteiger partial charge in [-0.1, -0.05) is 24.3 Å². The average molecular weight is 452 g/mol. The number of fused-ring (bicyclic) bond motifs is 1. The van der Waals surface area contributed by atoms with Crippen LogP contribution >= 0.6 is 0 Å². The molecule has 0 saturated carbocycles. The molecule has 0 aliphatic carbocycles. The lowest BCUT2D eigenvalue weighted by molar-refractivity contribution is -0.126. The Hall–Kier alpha value is -3.22. The van der Waals surface area contributed by atoms with Gasteiger partial charge in [-0.15, -0.1) is 0 Å². The van der Waals surface area contributed by atoms with E-state index in [9.17, 15) is 9.59 Å². The number of piperidine rings is 1. The van der Waals surface area contributed by atoms with E-state index < -0.39 is 0 Å². The third kappa shape index (κ3) is 5.24. The lowest BCUT2D eigenvalue weighted by atomic mass is 9.97. The molecule has 2 aliphatic heterocycles. The number of urea groups is 1. The van der Waals surface area contributed by atoms with Crippen molar-refractivity contribution in [1.29, 1.82) is 0 Å². The molecule has 3 amide bonds. The average Bonchev–Trinajstić information content (AvgIpc) is 2.83. The van der Waals surface area contributed by atoms with E-state index in [2.05, 4.69) is 5.32 Å². The zero-order valence-electron chi connectivity index (χ0n) is 19.7. The number of anilines is 1. The molecule has 7 nitrogen and oxygen atoms in total. The van der Waals surface area contributed by atoms with Crippen LogP contribution in [0, 0.1) is 12.8 Å². The fourth-order valence-electron chi connectivity index (χ4n) is 4.54. The van der Waals surface area contributed by atoms with E-state index in [4.69, 9.17) is 9.47 Å². The maximum Gasteiger partial charge on any atom is 0.324 e. The highest BCUT2D eigenvalue weighted by atomic mass is 16.5. The third-order valence-corrected chi connectivity index (χ3v) is 6.19. The van der Waals surface area contributed by atoms with Crippen molar-refractivity contribution >= 4 is 17.6 Å². The first kappa shape index (κ1) is 23.0. The topological polar surface area (TPSA) is 71.1 Å². The number of carbonyl (C=O) groups is 2. The number of nitrogens with one attached hydrogen (secondary N) is 1. The molecule has 2 heterocycles. The minimum atomic E-state index is -0.225. The van der Waals surface area contributed by atoms with Crippen LogP contribution in [-0.2, 0) is 11.3 Å². The van der Waals surface area contributed by atoms with Crippen molar-refractivity contribution in [2.75, 3.05) is 31.1 Å². The number of hydrogen-bond acceptors (Lipinski definition) is 4. The van der Waals surface area contributed by atoms with E-state index in [1.54, 1.807) is 4.90 Å². The molecular weight excluding hydrogens is 418 g/mol. The van der Waals surface area contributed by atoms with E-state index in [-0.39, 0.29) is 24.0 Å². The maximum atomic E-state index is 13.5. The summed E-state index contributed by atoms with van der Waals surface area (Å²) >= 11 is 0. The highest BCUT2D eigenvalue weighted by Gasteiger charge is 2.34. The van der Waals surface area contributed by atoms with Crippen LogP contribution in [0.2, 0.25) is 0 Å². The Balaban J connectivity index is 1.41. The minimum absolute atomic E-state index is 0.0228. The third-order valence-electron chi connectivity index (χ3n) is 6.19. The number of aryl methyl sites for hydroxylation is 1. The van der Waals surface area contributed by atoms with Gasteiger partial charge >= 0.3 is 6.03 Å². The Labute approximate surface area is 195 Å². The molecule has 2 aromatic carbocycles. The smallest absolute Gasteiger partial charge is 0.324 e. The van der Waals surface area contributed by atoms with Crippen molar-refractivity contribution in [3.63, 3.8) is 0 Å². The van der Waals surface area contributed by atoms with Crippen molar-refractivity contribution in [3.8, 4) is 11.5 Å². The molecule has 0 unspecified atom stereocenters. The van der Waals surface area contributed by atoms with E-state index >= 15 is 0 Å². The number of para-hydroxylation sites is 1. The van der Waals surface area contributed by atoms with Crippen LogP contribution in [0.1, 0.15) is 37.8 Å². The fraction of sp³-hybridized carbons (Fsp3) is 0.462. The molecule has 2 aromatic rings. The normalized spacial score (nSPS) is 20.0. The number of nitrogens with zero attached hydrogens (tertiary/aromatic N) is 2. The molecule has 0 aromatic heterocycles. The lowest BCUT2D eigenvalue weighted by Crippen LogP contribution is -2.53.